The Hall–Kier alpha value is -1.09. The summed E-state index contributed by atoms with van der Waals surface area (Å²) in [5, 5.41) is 3.08. The van der Waals surface area contributed by atoms with E-state index in [0.717, 1.165) is 18.0 Å². The summed E-state index contributed by atoms with van der Waals surface area (Å²) in [6.07, 6.45) is 1.74. The summed E-state index contributed by atoms with van der Waals surface area (Å²) < 4.78 is 5.20. The van der Waals surface area contributed by atoms with E-state index in [1.54, 1.807) is 6.20 Å². The summed E-state index contributed by atoms with van der Waals surface area (Å²) in [6.45, 7) is 1.44. The molecule has 1 aromatic heterocycles. The minimum atomic E-state index is 0.573. The van der Waals surface area contributed by atoms with Crippen LogP contribution < -0.4 is 10.1 Å². The van der Waals surface area contributed by atoms with Gasteiger partial charge in [0.15, 0.2) is 0 Å². The second-order valence-electron chi connectivity index (χ2n) is 2.18. The molecule has 3 nitrogen and oxygen atoms in total. The van der Waals surface area contributed by atoms with E-state index in [-0.39, 0.29) is 0 Å². The van der Waals surface area contributed by atoms with Gasteiger partial charge in [-0.2, -0.15) is 0 Å². The highest BCUT2D eigenvalue weighted by Crippen LogP contribution is 2.15. The zero-order valence-electron chi connectivity index (χ0n) is 5.50. The predicted molar refractivity (Wildman–Crippen MR) is 36.6 cm³/mol. The van der Waals surface area contributed by atoms with E-state index in [1.165, 1.54) is 0 Å². The molecule has 0 unspecified atom stereocenters. The first-order chi connectivity index (χ1) is 4.97. The van der Waals surface area contributed by atoms with Gasteiger partial charge in [0.2, 0.25) is 5.88 Å². The van der Waals surface area contributed by atoms with Gasteiger partial charge in [0, 0.05) is 18.3 Å². The molecule has 10 heavy (non-hydrogen) atoms. The highest BCUT2D eigenvalue weighted by Gasteiger charge is 2.07. The van der Waals surface area contributed by atoms with Crippen LogP contribution in [0.15, 0.2) is 18.3 Å². The number of nitrogens with zero attached hydrogens (tertiary/aromatic N) is 1. The Balaban J connectivity index is 2.41. The molecule has 52 valence electrons. The van der Waals surface area contributed by atoms with Crippen molar-refractivity contribution < 1.29 is 4.74 Å². The van der Waals surface area contributed by atoms with Crippen molar-refractivity contribution in [1.82, 2.24) is 10.3 Å². The van der Waals surface area contributed by atoms with E-state index in [4.69, 9.17) is 4.74 Å². The third kappa shape index (κ3) is 0.844. The van der Waals surface area contributed by atoms with Crippen LogP contribution >= 0.6 is 0 Å². The topological polar surface area (TPSA) is 34.2 Å². The first-order valence-electron chi connectivity index (χ1n) is 3.24. The minimum Gasteiger partial charge on any atom is -0.461 e. The monoisotopic (exact) mass is 136 g/mol. The Kier molecular flexibility index (Phi) is 1.29. The van der Waals surface area contributed by atoms with E-state index < -0.39 is 0 Å². The lowest BCUT2D eigenvalue weighted by Crippen LogP contribution is -2.25. The van der Waals surface area contributed by atoms with Crippen LogP contribution in [-0.4, -0.2) is 11.7 Å². The Labute approximate surface area is 59.0 Å². The van der Waals surface area contributed by atoms with Crippen LogP contribution in [-0.2, 0) is 6.54 Å². The van der Waals surface area contributed by atoms with Gasteiger partial charge in [-0.05, 0) is 6.07 Å². The molecule has 1 aromatic rings. The van der Waals surface area contributed by atoms with Crippen LogP contribution in [0.25, 0.3) is 0 Å². The molecule has 1 aliphatic heterocycles. The molecule has 2 rings (SSSR count). The number of nitrogens with one attached hydrogen (secondary N) is 1. The number of ether oxygens (including phenoxy) is 1. The van der Waals surface area contributed by atoms with Gasteiger partial charge in [0.1, 0.15) is 6.73 Å². The molecule has 0 saturated carbocycles. The summed E-state index contributed by atoms with van der Waals surface area (Å²) in [6, 6.07) is 3.92. The average molecular weight is 136 g/mol. The number of hydrogen-bond acceptors (Lipinski definition) is 3. The quantitative estimate of drug-likeness (QED) is 0.564. The number of fused-ring (bicyclic) bond motifs is 1. The maximum absolute atomic E-state index is 5.20. The lowest BCUT2D eigenvalue weighted by atomic mass is 10.2. The molecule has 0 saturated heterocycles. The maximum atomic E-state index is 5.20. The zero-order chi connectivity index (χ0) is 6.81. The van der Waals surface area contributed by atoms with Gasteiger partial charge in [0.25, 0.3) is 0 Å². The maximum Gasteiger partial charge on any atom is 0.219 e. The lowest BCUT2D eigenvalue weighted by Gasteiger charge is -2.15. The smallest absolute Gasteiger partial charge is 0.219 e. The van der Waals surface area contributed by atoms with Crippen LogP contribution in [0, 0.1) is 0 Å². The Morgan fingerprint density at radius 1 is 1.60 bits per heavy atom. The first kappa shape index (κ1) is 5.68. The normalized spacial score (nSPS) is 15.6. The van der Waals surface area contributed by atoms with E-state index in [1.807, 2.05) is 12.1 Å². The van der Waals surface area contributed by atoms with Crippen molar-refractivity contribution in [2.24, 2.45) is 0 Å². The molecular formula is C7H8N2O. The SMILES string of the molecule is c1cnc2c(c1)CNCO2. The van der Waals surface area contributed by atoms with Gasteiger partial charge >= 0.3 is 0 Å². The first-order valence-corrected chi connectivity index (χ1v) is 3.24. The van der Waals surface area contributed by atoms with E-state index >= 15 is 0 Å². The summed E-state index contributed by atoms with van der Waals surface area (Å²) in [5.74, 6) is 0.765. The molecule has 0 amide bonds. The lowest BCUT2D eigenvalue weighted by molar-refractivity contribution is 0.246. The minimum absolute atomic E-state index is 0.573. The molecule has 0 bridgehead atoms. The second kappa shape index (κ2) is 2.27. The van der Waals surface area contributed by atoms with Crippen molar-refractivity contribution in [2.75, 3.05) is 6.73 Å². The van der Waals surface area contributed by atoms with Gasteiger partial charge < -0.3 is 4.74 Å². The van der Waals surface area contributed by atoms with Crippen molar-refractivity contribution in [2.45, 2.75) is 6.54 Å². The Bertz CT molecular complexity index is 212. The molecule has 1 N–H and O–H groups in total. The molecule has 0 spiro atoms. The van der Waals surface area contributed by atoms with Gasteiger partial charge in [-0.1, -0.05) is 6.07 Å². The number of hydrogen-bond donors (Lipinski definition) is 1. The Morgan fingerprint density at radius 3 is 3.50 bits per heavy atom. The highest BCUT2D eigenvalue weighted by molar-refractivity contribution is 5.26. The van der Waals surface area contributed by atoms with Crippen LogP contribution in [0.2, 0.25) is 0 Å². The third-order valence-electron chi connectivity index (χ3n) is 1.48. The highest BCUT2D eigenvalue weighted by atomic mass is 16.5. The van der Waals surface area contributed by atoms with Crippen LogP contribution in [0.1, 0.15) is 5.56 Å². The fourth-order valence-electron chi connectivity index (χ4n) is 0.994. The van der Waals surface area contributed by atoms with Crippen molar-refractivity contribution in [3.63, 3.8) is 0 Å². The predicted octanol–water partition coefficient (Wildman–Crippen LogP) is 0.521. The Morgan fingerprint density at radius 2 is 2.60 bits per heavy atom. The van der Waals surface area contributed by atoms with Gasteiger partial charge in [-0.3, -0.25) is 5.32 Å². The molecule has 0 aliphatic carbocycles. The van der Waals surface area contributed by atoms with Gasteiger partial charge in [-0.15, -0.1) is 0 Å². The van der Waals surface area contributed by atoms with Crippen molar-refractivity contribution in [1.29, 1.82) is 0 Å². The number of pyridine rings is 1. The molecule has 0 fully saturated rings. The summed E-state index contributed by atoms with van der Waals surface area (Å²) in [7, 11) is 0. The van der Waals surface area contributed by atoms with E-state index in [9.17, 15) is 0 Å². The third-order valence-corrected chi connectivity index (χ3v) is 1.48. The van der Waals surface area contributed by atoms with Crippen LogP contribution in [0.4, 0.5) is 0 Å². The fourth-order valence-corrected chi connectivity index (χ4v) is 0.994. The largest absolute Gasteiger partial charge is 0.461 e. The van der Waals surface area contributed by atoms with Crippen LogP contribution in [0.5, 0.6) is 5.88 Å². The van der Waals surface area contributed by atoms with Crippen molar-refractivity contribution >= 4 is 0 Å². The average Bonchev–Trinajstić information content (AvgIpc) is 2.05. The summed E-state index contributed by atoms with van der Waals surface area (Å²) in [4.78, 5) is 4.06. The summed E-state index contributed by atoms with van der Waals surface area (Å²) >= 11 is 0. The number of rotatable bonds is 0. The molecule has 0 atom stereocenters. The summed E-state index contributed by atoms with van der Waals surface area (Å²) in [5.41, 5.74) is 1.13. The molecule has 1 aliphatic rings. The van der Waals surface area contributed by atoms with Crippen molar-refractivity contribution in [3.8, 4) is 5.88 Å². The second-order valence-corrected chi connectivity index (χ2v) is 2.18. The zero-order valence-corrected chi connectivity index (χ0v) is 5.50. The van der Waals surface area contributed by atoms with Crippen molar-refractivity contribution in [3.05, 3.63) is 23.9 Å². The number of aromatic nitrogens is 1. The van der Waals surface area contributed by atoms with E-state index in [2.05, 4.69) is 10.3 Å². The standard InChI is InChI=1S/C7H8N2O/c1-2-6-4-8-5-10-7(6)9-3-1/h1-3,8H,4-5H2. The molecular weight excluding hydrogens is 128 g/mol. The van der Waals surface area contributed by atoms with E-state index in [0.29, 0.717) is 6.73 Å². The molecule has 0 radical (unpaired) electrons. The molecule has 2 heterocycles. The fraction of sp³-hybridized carbons (Fsp3) is 0.286. The van der Waals surface area contributed by atoms with Crippen LogP contribution in [0.3, 0.4) is 0 Å². The van der Waals surface area contributed by atoms with Gasteiger partial charge in [-0.25, -0.2) is 4.98 Å². The molecule has 0 aromatic carbocycles. The molecule has 3 heteroatoms. The van der Waals surface area contributed by atoms with Gasteiger partial charge in [0.05, 0.1) is 0 Å².